The Morgan fingerprint density at radius 2 is 2.13 bits per heavy atom. The molecule has 0 spiro atoms. The van der Waals surface area contributed by atoms with E-state index in [1.165, 1.54) is 23.7 Å². The summed E-state index contributed by atoms with van der Waals surface area (Å²) < 4.78 is 10.5. The third-order valence-electron chi connectivity index (χ3n) is 2.93. The average Bonchev–Trinajstić information content (AvgIpc) is 3.23. The van der Waals surface area contributed by atoms with E-state index in [1.807, 2.05) is 29.6 Å². The van der Waals surface area contributed by atoms with Gasteiger partial charge in [0.05, 0.1) is 4.88 Å². The summed E-state index contributed by atoms with van der Waals surface area (Å²) in [5, 5.41) is 2.60. The highest BCUT2D eigenvalue weighted by molar-refractivity contribution is 7.13. The van der Waals surface area contributed by atoms with Crippen LogP contribution in [0.25, 0.3) is 16.8 Å². The maximum absolute atomic E-state index is 11.7. The van der Waals surface area contributed by atoms with Gasteiger partial charge in [0.1, 0.15) is 18.6 Å². The Labute approximate surface area is 142 Å². The molecule has 0 saturated carbocycles. The summed E-state index contributed by atoms with van der Waals surface area (Å²) in [6.45, 7) is 0.0681. The summed E-state index contributed by atoms with van der Waals surface area (Å²) in [4.78, 5) is 16.9. The van der Waals surface area contributed by atoms with Gasteiger partial charge in [0, 0.05) is 11.1 Å². The average molecular weight is 346 g/mol. The van der Waals surface area contributed by atoms with Crippen LogP contribution in [0.1, 0.15) is 11.3 Å². The third kappa shape index (κ3) is 4.31. The van der Waals surface area contributed by atoms with Crippen LogP contribution in [0.3, 0.4) is 0 Å². The predicted octanol–water partition coefficient (Wildman–Crippen LogP) is 4.81. The molecule has 0 fully saturated rings. The Morgan fingerprint density at radius 1 is 1.30 bits per heavy atom. The van der Waals surface area contributed by atoms with E-state index in [2.05, 4.69) is 4.98 Å². The molecule has 0 aliphatic rings. The molecule has 2 heterocycles. The highest BCUT2D eigenvalue weighted by Crippen LogP contribution is 2.23. The molecule has 23 heavy (non-hydrogen) atoms. The Bertz CT molecular complexity index is 807. The number of carbonyl (C=O) groups excluding carboxylic acids is 1. The van der Waals surface area contributed by atoms with Gasteiger partial charge in [-0.2, -0.15) is 0 Å². The topological polar surface area (TPSA) is 52.3 Å². The summed E-state index contributed by atoms with van der Waals surface area (Å²) in [5.41, 5.74) is 1.44. The molecular weight excluding hydrogens is 334 g/mol. The lowest BCUT2D eigenvalue weighted by molar-refractivity contribution is -0.139. The van der Waals surface area contributed by atoms with Crippen molar-refractivity contribution < 1.29 is 13.9 Å². The number of hydrogen-bond acceptors (Lipinski definition) is 5. The number of aromatic nitrogens is 1. The third-order valence-corrected chi connectivity index (χ3v) is 4.04. The molecule has 0 aliphatic heterocycles. The van der Waals surface area contributed by atoms with Gasteiger partial charge in [-0.1, -0.05) is 29.8 Å². The van der Waals surface area contributed by atoms with Crippen LogP contribution < -0.4 is 0 Å². The first kappa shape index (κ1) is 15.5. The van der Waals surface area contributed by atoms with E-state index in [4.69, 9.17) is 20.8 Å². The zero-order chi connectivity index (χ0) is 16.1. The first-order valence-electron chi connectivity index (χ1n) is 6.79. The van der Waals surface area contributed by atoms with Gasteiger partial charge in [0.15, 0.2) is 0 Å². The van der Waals surface area contributed by atoms with Gasteiger partial charge in [-0.05, 0) is 35.2 Å². The summed E-state index contributed by atoms with van der Waals surface area (Å²) in [7, 11) is 0. The maximum Gasteiger partial charge on any atom is 0.331 e. The summed E-state index contributed by atoms with van der Waals surface area (Å²) in [5.74, 6) is 0.0865. The number of nitrogens with zero attached hydrogens (tertiary/aromatic N) is 1. The van der Waals surface area contributed by atoms with Crippen molar-refractivity contribution in [2.24, 2.45) is 0 Å². The number of thiophene rings is 1. The van der Waals surface area contributed by atoms with Gasteiger partial charge in [0.25, 0.3) is 0 Å². The van der Waals surface area contributed by atoms with Gasteiger partial charge in [0.2, 0.25) is 5.89 Å². The largest absolute Gasteiger partial charge is 0.456 e. The predicted molar refractivity (Wildman–Crippen MR) is 90.1 cm³/mol. The van der Waals surface area contributed by atoms with Crippen LogP contribution >= 0.6 is 22.9 Å². The van der Waals surface area contributed by atoms with E-state index in [0.29, 0.717) is 16.6 Å². The Hall–Kier alpha value is -2.37. The maximum atomic E-state index is 11.7. The van der Waals surface area contributed by atoms with E-state index in [0.717, 1.165) is 10.4 Å². The lowest BCUT2D eigenvalue weighted by atomic mass is 10.2. The van der Waals surface area contributed by atoms with Crippen LogP contribution in [0.5, 0.6) is 0 Å². The van der Waals surface area contributed by atoms with Crippen molar-refractivity contribution in [2.75, 3.05) is 0 Å². The number of hydrogen-bond donors (Lipinski definition) is 0. The zero-order valence-corrected chi connectivity index (χ0v) is 13.5. The number of esters is 1. The van der Waals surface area contributed by atoms with Gasteiger partial charge >= 0.3 is 5.97 Å². The molecule has 0 saturated heterocycles. The monoisotopic (exact) mass is 345 g/mol. The lowest BCUT2D eigenvalue weighted by Crippen LogP contribution is -2.00. The fourth-order valence-electron chi connectivity index (χ4n) is 1.82. The van der Waals surface area contributed by atoms with E-state index >= 15 is 0 Å². The Morgan fingerprint density at radius 3 is 2.87 bits per heavy atom. The fourth-order valence-corrected chi connectivity index (χ4v) is 2.60. The number of carbonyl (C=O) groups is 1. The highest BCUT2D eigenvalue weighted by Gasteiger charge is 2.08. The Balaban J connectivity index is 1.54. The second-order valence-electron chi connectivity index (χ2n) is 4.61. The molecule has 3 rings (SSSR count). The van der Waals surface area contributed by atoms with Crippen molar-refractivity contribution in [2.45, 2.75) is 6.61 Å². The van der Waals surface area contributed by atoms with E-state index in [9.17, 15) is 4.79 Å². The van der Waals surface area contributed by atoms with Crippen molar-refractivity contribution in [3.8, 4) is 10.8 Å². The molecule has 0 amide bonds. The van der Waals surface area contributed by atoms with Crippen LogP contribution in [0.4, 0.5) is 0 Å². The Kier molecular flexibility index (Phi) is 4.90. The van der Waals surface area contributed by atoms with Crippen molar-refractivity contribution in [1.82, 2.24) is 4.98 Å². The molecule has 6 heteroatoms. The molecule has 0 aliphatic carbocycles. The second kappa shape index (κ2) is 7.26. The molecule has 2 aromatic heterocycles. The number of ether oxygens (including phenoxy) is 1. The molecule has 0 N–H and O–H groups in total. The standard InChI is InChI=1S/C17H12ClNO3S/c18-13-6-3-12(4-7-13)5-8-16(20)21-10-14-11-22-17(19-14)15-2-1-9-23-15/h1-9,11H,10H2/b8-5+. The molecule has 0 bridgehead atoms. The van der Waals surface area contributed by atoms with Crippen molar-refractivity contribution in [1.29, 1.82) is 0 Å². The number of rotatable bonds is 5. The van der Waals surface area contributed by atoms with Crippen molar-refractivity contribution >= 4 is 35.0 Å². The zero-order valence-electron chi connectivity index (χ0n) is 11.9. The van der Waals surface area contributed by atoms with Crippen LogP contribution in [-0.2, 0) is 16.1 Å². The van der Waals surface area contributed by atoms with Gasteiger partial charge < -0.3 is 9.15 Å². The number of benzene rings is 1. The summed E-state index contributed by atoms with van der Waals surface area (Å²) in [6.07, 6.45) is 4.52. The van der Waals surface area contributed by atoms with E-state index < -0.39 is 5.97 Å². The first-order valence-corrected chi connectivity index (χ1v) is 8.05. The minimum absolute atomic E-state index is 0.0681. The van der Waals surface area contributed by atoms with Crippen LogP contribution in [0.2, 0.25) is 5.02 Å². The van der Waals surface area contributed by atoms with Gasteiger partial charge in [-0.3, -0.25) is 0 Å². The van der Waals surface area contributed by atoms with Crippen LogP contribution in [0.15, 0.2) is 58.5 Å². The van der Waals surface area contributed by atoms with Gasteiger partial charge in [-0.15, -0.1) is 11.3 Å². The second-order valence-corrected chi connectivity index (χ2v) is 6.00. The normalized spacial score (nSPS) is 11.0. The SMILES string of the molecule is O=C(/C=C/c1ccc(Cl)cc1)OCc1coc(-c2cccs2)n1. The van der Waals surface area contributed by atoms with Crippen LogP contribution in [0, 0.1) is 0 Å². The summed E-state index contributed by atoms with van der Waals surface area (Å²) in [6, 6.07) is 11.0. The van der Waals surface area contributed by atoms with Crippen molar-refractivity contribution in [3.63, 3.8) is 0 Å². The highest BCUT2D eigenvalue weighted by atomic mass is 35.5. The molecular formula is C17H12ClNO3S. The molecule has 1 aromatic carbocycles. The van der Waals surface area contributed by atoms with E-state index in [1.54, 1.807) is 18.2 Å². The first-order chi connectivity index (χ1) is 11.2. The minimum Gasteiger partial charge on any atom is -0.456 e. The molecule has 4 nitrogen and oxygen atoms in total. The molecule has 0 unspecified atom stereocenters. The van der Waals surface area contributed by atoms with E-state index in [-0.39, 0.29) is 6.61 Å². The molecule has 0 radical (unpaired) electrons. The van der Waals surface area contributed by atoms with Crippen molar-refractivity contribution in [3.05, 3.63) is 70.4 Å². The molecule has 3 aromatic rings. The lowest BCUT2D eigenvalue weighted by Gasteiger charge is -1.98. The number of oxazole rings is 1. The number of halogens is 1. The minimum atomic E-state index is -0.444. The smallest absolute Gasteiger partial charge is 0.331 e. The van der Waals surface area contributed by atoms with Gasteiger partial charge in [-0.25, -0.2) is 9.78 Å². The van der Waals surface area contributed by atoms with Crippen LogP contribution in [-0.4, -0.2) is 11.0 Å². The quantitative estimate of drug-likeness (QED) is 0.491. The molecule has 116 valence electrons. The summed E-state index contributed by atoms with van der Waals surface area (Å²) >= 11 is 7.34. The fraction of sp³-hybridized carbons (Fsp3) is 0.0588. The molecule has 0 atom stereocenters.